The van der Waals surface area contributed by atoms with Gasteiger partial charge in [-0.25, -0.2) is 9.64 Å². The van der Waals surface area contributed by atoms with E-state index in [9.17, 15) is 4.79 Å². The van der Waals surface area contributed by atoms with Crippen LogP contribution in [0, 0.1) is 6.57 Å². The van der Waals surface area contributed by atoms with Gasteiger partial charge in [0.2, 0.25) is 10.8 Å². The number of rotatable bonds is 5. The lowest BCUT2D eigenvalue weighted by molar-refractivity contribution is 0.179. The van der Waals surface area contributed by atoms with Crippen molar-refractivity contribution in [2.75, 3.05) is 25.7 Å². The molecule has 1 aromatic heterocycles. The molecule has 2 heterocycles. The normalized spacial score (nSPS) is 16.6. The molecule has 0 radical (unpaired) electrons. The van der Waals surface area contributed by atoms with E-state index in [1.807, 2.05) is 12.1 Å². The van der Waals surface area contributed by atoms with Gasteiger partial charge in [0.1, 0.15) is 6.61 Å². The van der Waals surface area contributed by atoms with Crippen molar-refractivity contribution < 1.29 is 19.0 Å². The van der Waals surface area contributed by atoms with Crippen LogP contribution in [0.15, 0.2) is 30.3 Å². The van der Waals surface area contributed by atoms with E-state index in [1.165, 1.54) is 11.3 Å². The van der Waals surface area contributed by atoms with Crippen molar-refractivity contribution in [3.05, 3.63) is 46.6 Å². The van der Waals surface area contributed by atoms with E-state index < -0.39 is 6.09 Å². The molecular weight excluding hydrogens is 328 g/mol. The topological polar surface area (TPSA) is 52.4 Å². The second-order valence-electron chi connectivity index (χ2n) is 5.18. The summed E-state index contributed by atoms with van der Waals surface area (Å²) in [4.78, 5) is 18.3. The Bertz CT molecular complexity index is 775. The maximum atomic E-state index is 12.2. The van der Waals surface area contributed by atoms with Crippen LogP contribution in [0.2, 0.25) is 0 Å². The second kappa shape index (κ2) is 6.81. The summed E-state index contributed by atoms with van der Waals surface area (Å²) in [6, 6.07) is 8.79. The quantitative estimate of drug-likeness (QED) is 0.772. The predicted octanol–water partition coefficient (Wildman–Crippen LogP) is 3.88. The fourth-order valence-corrected chi connectivity index (χ4v) is 3.70. The van der Waals surface area contributed by atoms with Crippen LogP contribution in [0.4, 0.5) is 16.2 Å². The predicted molar refractivity (Wildman–Crippen MR) is 91.4 cm³/mol. The number of ether oxygens (including phenoxy) is 3. The lowest BCUT2D eigenvalue weighted by atomic mass is 10.1. The summed E-state index contributed by atoms with van der Waals surface area (Å²) in [6.45, 7) is 7.58. The number of hydrogen-bond acceptors (Lipinski definition) is 5. The molecule has 1 fully saturated rings. The minimum atomic E-state index is -0.424. The molecule has 1 saturated heterocycles. The Morgan fingerprint density at radius 1 is 1.38 bits per heavy atom. The number of hydrogen-bond donors (Lipinski definition) is 0. The van der Waals surface area contributed by atoms with Crippen LogP contribution in [-0.2, 0) is 11.2 Å². The van der Waals surface area contributed by atoms with Crippen molar-refractivity contribution in [1.82, 2.24) is 0 Å². The van der Waals surface area contributed by atoms with Gasteiger partial charge in [-0.2, -0.15) is 0 Å². The molecule has 1 amide bonds. The highest BCUT2D eigenvalue weighted by molar-refractivity contribution is 7.14. The molecule has 7 heteroatoms. The Labute approximate surface area is 144 Å². The first-order valence-electron chi connectivity index (χ1n) is 7.31. The third-order valence-corrected chi connectivity index (χ3v) is 4.88. The SMILES string of the molecule is [C-]#[N+]c1ccccc1N1C(=O)OC[C@@H]1Cc1cc(OC)c(OC)s1. The zero-order valence-electron chi connectivity index (χ0n) is 13.3. The summed E-state index contributed by atoms with van der Waals surface area (Å²) in [6.07, 6.45) is 0.175. The number of carbonyl (C=O) groups excluding carboxylic acids is 1. The van der Waals surface area contributed by atoms with Gasteiger partial charge in [-0.05, 0) is 12.1 Å². The molecule has 1 aliphatic rings. The number of para-hydroxylation sites is 2. The van der Waals surface area contributed by atoms with Gasteiger partial charge in [-0.15, -0.1) is 11.3 Å². The maximum Gasteiger partial charge on any atom is 0.413 e. The second-order valence-corrected chi connectivity index (χ2v) is 6.28. The molecule has 0 bridgehead atoms. The van der Waals surface area contributed by atoms with Crippen LogP contribution in [0.25, 0.3) is 4.85 Å². The van der Waals surface area contributed by atoms with Crippen molar-refractivity contribution in [2.45, 2.75) is 12.5 Å². The monoisotopic (exact) mass is 344 g/mol. The summed E-state index contributed by atoms with van der Waals surface area (Å²) in [5.74, 6) is 0.677. The highest BCUT2D eigenvalue weighted by atomic mass is 32.1. The van der Waals surface area contributed by atoms with E-state index in [4.69, 9.17) is 20.8 Å². The Morgan fingerprint density at radius 3 is 2.83 bits per heavy atom. The Balaban J connectivity index is 1.89. The molecule has 6 nitrogen and oxygen atoms in total. The van der Waals surface area contributed by atoms with Crippen LogP contribution in [0.3, 0.4) is 0 Å². The molecule has 0 spiro atoms. The highest BCUT2D eigenvalue weighted by Gasteiger charge is 2.35. The third-order valence-electron chi connectivity index (χ3n) is 3.78. The van der Waals surface area contributed by atoms with Crippen LogP contribution >= 0.6 is 11.3 Å². The number of amides is 1. The largest absolute Gasteiger partial charge is 0.492 e. The fraction of sp³-hybridized carbons (Fsp3) is 0.294. The summed E-state index contributed by atoms with van der Waals surface area (Å²) >= 11 is 1.48. The van der Waals surface area contributed by atoms with Crippen molar-refractivity contribution in [3.63, 3.8) is 0 Å². The number of thiophene rings is 1. The summed E-state index contributed by atoms with van der Waals surface area (Å²) in [7, 11) is 3.19. The number of cyclic esters (lactones) is 1. The number of methoxy groups -OCH3 is 2. The minimum absolute atomic E-state index is 0.173. The van der Waals surface area contributed by atoms with Crippen molar-refractivity contribution in [2.24, 2.45) is 0 Å². The van der Waals surface area contributed by atoms with Gasteiger partial charge >= 0.3 is 6.09 Å². The van der Waals surface area contributed by atoms with Gasteiger partial charge in [0, 0.05) is 11.3 Å². The summed E-state index contributed by atoms with van der Waals surface area (Å²) in [5, 5.41) is 0.700. The van der Waals surface area contributed by atoms with Gasteiger partial charge in [-0.3, -0.25) is 4.90 Å². The first-order valence-corrected chi connectivity index (χ1v) is 8.12. The molecule has 2 aromatic rings. The molecule has 1 aliphatic heterocycles. The lowest BCUT2D eigenvalue weighted by Gasteiger charge is -2.22. The summed E-state index contributed by atoms with van der Waals surface area (Å²) in [5.41, 5.74) is 1.01. The van der Waals surface area contributed by atoms with Crippen molar-refractivity contribution in [3.8, 4) is 10.8 Å². The lowest BCUT2D eigenvalue weighted by Crippen LogP contribution is -2.34. The molecule has 1 aromatic carbocycles. The number of nitrogens with zero attached hydrogens (tertiary/aromatic N) is 2. The van der Waals surface area contributed by atoms with Crippen molar-refractivity contribution in [1.29, 1.82) is 0 Å². The third kappa shape index (κ3) is 2.88. The molecule has 0 N–H and O–H groups in total. The van der Waals surface area contributed by atoms with E-state index in [0.717, 1.165) is 4.88 Å². The zero-order chi connectivity index (χ0) is 17.1. The van der Waals surface area contributed by atoms with E-state index in [0.29, 0.717) is 28.6 Å². The molecule has 24 heavy (non-hydrogen) atoms. The smallest absolute Gasteiger partial charge is 0.413 e. The average molecular weight is 344 g/mol. The maximum absolute atomic E-state index is 12.2. The number of benzene rings is 1. The molecule has 0 unspecified atom stereocenters. The molecule has 124 valence electrons. The Kier molecular flexibility index (Phi) is 4.58. The Hall–Kier alpha value is -2.72. The summed E-state index contributed by atoms with van der Waals surface area (Å²) < 4.78 is 15.8. The standard InChI is InChI=1S/C17H16N2O4S/c1-18-13-6-4-5-7-14(13)19-11(10-23-17(19)20)8-12-9-15(21-2)16(22-3)24-12/h4-7,9,11H,8,10H2,2-3H3/t11-/m0/s1. The highest BCUT2D eigenvalue weighted by Crippen LogP contribution is 2.39. The van der Waals surface area contributed by atoms with E-state index in [-0.39, 0.29) is 12.6 Å². The first-order chi connectivity index (χ1) is 11.7. The number of anilines is 1. The van der Waals surface area contributed by atoms with Gasteiger partial charge in [0.25, 0.3) is 0 Å². The van der Waals surface area contributed by atoms with Gasteiger partial charge in [0.15, 0.2) is 5.75 Å². The van der Waals surface area contributed by atoms with E-state index >= 15 is 0 Å². The molecule has 0 aliphatic carbocycles. The van der Waals surface area contributed by atoms with Crippen LogP contribution in [0.1, 0.15) is 4.88 Å². The zero-order valence-corrected chi connectivity index (χ0v) is 14.1. The molecule has 1 atom stereocenters. The molecular formula is C17H16N2O4S. The van der Waals surface area contributed by atoms with Crippen LogP contribution < -0.4 is 14.4 Å². The van der Waals surface area contributed by atoms with Crippen LogP contribution in [-0.4, -0.2) is 33.0 Å². The van der Waals surface area contributed by atoms with Crippen LogP contribution in [0.5, 0.6) is 10.8 Å². The Morgan fingerprint density at radius 2 is 2.17 bits per heavy atom. The van der Waals surface area contributed by atoms with Gasteiger partial charge in [0.05, 0.1) is 32.5 Å². The molecule has 0 saturated carbocycles. The van der Waals surface area contributed by atoms with Crippen molar-refractivity contribution >= 4 is 28.8 Å². The van der Waals surface area contributed by atoms with Gasteiger partial charge in [-0.1, -0.05) is 18.2 Å². The first kappa shape index (κ1) is 16.1. The number of carbonyl (C=O) groups is 1. The van der Waals surface area contributed by atoms with Gasteiger partial charge < -0.3 is 14.2 Å². The van der Waals surface area contributed by atoms with E-state index in [2.05, 4.69) is 4.85 Å². The minimum Gasteiger partial charge on any atom is -0.492 e. The average Bonchev–Trinajstić information content (AvgIpc) is 3.18. The molecule has 3 rings (SSSR count). The van der Waals surface area contributed by atoms with E-state index in [1.54, 1.807) is 37.3 Å². The fourth-order valence-electron chi connectivity index (χ4n) is 2.69.